The summed E-state index contributed by atoms with van der Waals surface area (Å²) >= 11 is 0. The van der Waals surface area contributed by atoms with Gasteiger partial charge in [-0.15, -0.1) is 0 Å². The van der Waals surface area contributed by atoms with E-state index in [0.717, 1.165) is 6.21 Å². The molecule has 0 aromatic heterocycles. The minimum atomic E-state index is -0.494. The van der Waals surface area contributed by atoms with Gasteiger partial charge in [0.25, 0.3) is 5.69 Å². The lowest BCUT2D eigenvalue weighted by Crippen LogP contribution is -1.97. The molecule has 0 aliphatic heterocycles. The molecular formula is C8H8N2O3. The van der Waals surface area contributed by atoms with Gasteiger partial charge >= 0.3 is 0 Å². The predicted molar refractivity (Wildman–Crippen MR) is 47.2 cm³/mol. The maximum Gasteiger partial charge on any atom is 0.281 e. The van der Waals surface area contributed by atoms with E-state index in [1.165, 1.54) is 6.07 Å². The number of aryl methyl sites for hydroxylation is 1. The predicted octanol–water partition coefficient (Wildman–Crippen LogP) is 1.71. The van der Waals surface area contributed by atoms with Crippen LogP contribution in [-0.2, 0) is 0 Å². The fourth-order valence-electron chi connectivity index (χ4n) is 1.10. The van der Waals surface area contributed by atoms with Crippen molar-refractivity contribution in [2.45, 2.75) is 6.92 Å². The van der Waals surface area contributed by atoms with Gasteiger partial charge in [0.05, 0.1) is 16.7 Å². The smallest absolute Gasteiger partial charge is 0.281 e. The Bertz CT molecular complexity index is 360. The topological polar surface area (TPSA) is 75.7 Å². The second kappa shape index (κ2) is 3.66. The van der Waals surface area contributed by atoms with Crippen LogP contribution in [0, 0.1) is 17.0 Å². The number of rotatable bonds is 2. The fourth-order valence-corrected chi connectivity index (χ4v) is 1.10. The maximum absolute atomic E-state index is 10.6. The van der Waals surface area contributed by atoms with Gasteiger partial charge in [0.1, 0.15) is 0 Å². The first-order valence-corrected chi connectivity index (χ1v) is 3.58. The third-order valence-electron chi connectivity index (χ3n) is 1.65. The molecule has 0 saturated heterocycles. The number of oxime groups is 1. The van der Waals surface area contributed by atoms with Crippen LogP contribution in [0.15, 0.2) is 23.4 Å². The molecule has 0 radical (unpaired) electrons. The van der Waals surface area contributed by atoms with Crippen LogP contribution >= 0.6 is 0 Å². The van der Waals surface area contributed by atoms with E-state index in [-0.39, 0.29) is 5.69 Å². The van der Waals surface area contributed by atoms with Crippen molar-refractivity contribution in [1.82, 2.24) is 0 Å². The highest BCUT2D eigenvalue weighted by Gasteiger charge is 2.14. The molecule has 0 amide bonds. The zero-order valence-electron chi connectivity index (χ0n) is 6.97. The Labute approximate surface area is 74.5 Å². The second-order valence-electron chi connectivity index (χ2n) is 2.51. The number of hydrogen-bond acceptors (Lipinski definition) is 4. The van der Waals surface area contributed by atoms with E-state index < -0.39 is 4.92 Å². The SMILES string of the molecule is Cc1cccc(C=NO)c1[N+](=O)[O-]. The number of benzene rings is 1. The highest BCUT2D eigenvalue weighted by Crippen LogP contribution is 2.21. The highest BCUT2D eigenvalue weighted by molar-refractivity contribution is 5.85. The zero-order chi connectivity index (χ0) is 9.84. The highest BCUT2D eigenvalue weighted by atomic mass is 16.6. The Morgan fingerprint density at radius 3 is 2.85 bits per heavy atom. The van der Waals surface area contributed by atoms with Crippen LogP contribution in [-0.4, -0.2) is 16.3 Å². The van der Waals surface area contributed by atoms with Crippen LogP contribution in [0.1, 0.15) is 11.1 Å². The van der Waals surface area contributed by atoms with Gasteiger partial charge in [-0.1, -0.05) is 17.3 Å². The number of nitrogens with zero attached hydrogens (tertiary/aromatic N) is 2. The summed E-state index contributed by atoms with van der Waals surface area (Å²) in [7, 11) is 0. The second-order valence-corrected chi connectivity index (χ2v) is 2.51. The molecular weight excluding hydrogens is 172 g/mol. The molecule has 0 spiro atoms. The third kappa shape index (κ3) is 1.81. The van der Waals surface area contributed by atoms with Gasteiger partial charge in [-0.25, -0.2) is 0 Å². The maximum atomic E-state index is 10.6. The molecule has 0 aliphatic rings. The van der Waals surface area contributed by atoms with Crippen LogP contribution in [0.5, 0.6) is 0 Å². The third-order valence-corrected chi connectivity index (χ3v) is 1.65. The van der Waals surface area contributed by atoms with Gasteiger partial charge in [0, 0.05) is 5.56 Å². The fraction of sp³-hybridized carbons (Fsp3) is 0.125. The summed E-state index contributed by atoms with van der Waals surface area (Å²) in [6.07, 6.45) is 1.05. The molecule has 1 aromatic rings. The quantitative estimate of drug-likeness (QED) is 0.326. The van der Waals surface area contributed by atoms with E-state index in [0.29, 0.717) is 11.1 Å². The average Bonchev–Trinajstić information content (AvgIpc) is 2.04. The van der Waals surface area contributed by atoms with Gasteiger partial charge in [-0.05, 0) is 13.0 Å². The van der Waals surface area contributed by atoms with Crippen LogP contribution < -0.4 is 0 Å². The molecule has 5 heteroatoms. The summed E-state index contributed by atoms with van der Waals surface area (Å²) in [5, 5.41) is 21.6. The summed E-state index contributed by atoms with van der Waals surface area (Å²) in [6, 6.07) is 4.82. The van der Waals surface area contributed by atoms with Gasteiger partial charge in [-0.2, -0.15) is 0 Å². The van der Waals surface area contributed by atoms with E-state index in [9.17, 15) is 10.1 Å². The Hall–Kier alpha value is -1.91. The molecule has 0 fully saturated rings. The molecule has 68 valence electrons. The molecule has 1 rings (SSSR count). The first-order chi connectivity index (χ1) is 6.16. The van der Waals surface area contributed by atoms with Gasteiger partial charge in [0.15, 0.2) is 0 Å². The van der Waals surface area contributed by atoms with Crippen LogP contribution in [0.4, 0.5) is 5.69 Å². The lowest BCUT2D eigenvalue weighted by molar-refractivity contribution is -0.385. The number of nitro groups is 1. The molecule has 0 aliphatic carbocycles. The van der Waals surface area contributed by atoms with Gasteiger partial charge in [0.2, 0.25) is 0 Å². The minimum Gasteiger partial charge on any atom is -0.411 e. The molecule has 0 bridgehead atoms. The van der Waals surface area contributed by atoms with Crippen LogP contribution in [0.25, 0.3) is 0 Å². The van der Waals surface area contributed by atoms with Crippen LogP contribution in [0.2, 0.25) is 0 Å². The van der Waals surface area contributed by atoms with E-state index in [1.807, 2.05) is 0 Å². The monoisotopic (exact) mass is 180 g/mol. The van der Waals surface area contributed by atoms with Crippen molar-refractivity contribution >= 4 is 11.9 Å². The summed E-state index contributed by atoms with van der Waals surface area (Å²) in [5.74, 6) is 0. The normalized spacial score (nSPS) is 10.5. The Morgan fingerprint density at radius 2 is 2.31 bits per heavy atom. The number of para-hydroxylation sites is 1. The zero-order valence-corrected chi connectivity index (χ0v) is 6.97. The number of hydrogen-bond donors (Lipinski definition) is 1. The summed E-state index contributed by atoms with van der Waals surface area (Å²) in [6.45, 7) is 1.63. The molecule has 13 heavy (non-hydrogen) atoms. The molecule has 0 atom stereocenters. The molecule has 0 unspecified atom stereocenters. The molecule has 0 saturated carbocycles. The van der Waals surface area contributed by atoms with Crippen molar-refractivity contribution in [2.24, 2.45) is 5.16 Å². The molecule has 1 N–H and O–H groups in total. The van der Waals surface area contributed by atoms with Crippen molar-refractivity contribution < 1.29 is 10.1 Å². The van der Waals surface area contributed by atoms with Crippen molar-refractivity contribution in [3.63, 3.8) is 0 Å². The number of nitro benzene ring substituents is 1. The summed E-state index contributed by atoms with van der Waals surface area (Å²) in [4.78, 5) is 10.1. The van der Waals surface area contributed by atoms with E-state index in [2.05, 4.69) is 5.16 Å². The van der Waals surface area contributed by atoms with Gasteiger partial charge < -0.3 is 5.21 Å². The Balaban J connectivity index is 3.34. The summed E-state index contributed by atoms with van der Waals surface area (Å²) in [5.41, 5.74) is 0.815. The Kier molecular flexibility index (Phi) is 2.59. The lowest BCUT2D eigenvalue weighted by atomic mass is 10.1. The van der Waals surface area contributed by atoms with Crippen molar-refractivity contribution in [1.29, 1.82) is 0 Å². The first-order valence-electron chi connectivity index (χ1n) is 3.58. The molecule has 5 nitrogen and oxygen atoms in total. The average molecular weight is 180 g/mol. The van der Waals surface area contributed by atoms with E-state index in [1.54, 1.807) is 19.1 Å². The molecule has 0 heterocycles. The molecule has 1 aromatic carbocycles. The van der Waals surface area contributed by atoms with Crippen LogP contribution in [0.3, 0.4) is 0 Å². The summed E-state index contributed by atoms with van der Waals surface area (Å²) < 4.78 is 0. The van der Waals surface area contributed by atoms with Crippen molar-refractivity contribution in [3.8, 4) is 0 Å². The lowest BCUT2D eigenvalue weighted by Gasteiger charge is -1.98. The van der Waals surface area contributed by atoms with Gasteiger partial charge in [-0.3, -0.25) is 10.1 Å². The largest absolute Gasteiger partial charge is 0.411 e. The van der Waals surface area contributed by atoms with E-state index in [4.69, 9.17) is 5.21 Å². The Morgan fingerprint density at radius 1 is 1.62 bits per heavy atom. The first kappa shape index (κ1) is 9.18. The van der Waals surface area contributed by atoms with Crippen molar-refractivity contribution in [3.05, 3.63) is 39.4 Å². The minimum absolute atomic E-state index is 0.0275. The van der Waals surface area contributed by atoms with E-state index >= 15 is 0 Å². The van der Waals surface area contributed by atoms with Crippen molar-refractivity contribution in [2.75, 3.05) is 0 Å². The standard InChI is InChI=1S/C8H8N2O3/c1-6-3-2-4-7(5-9-11)8(6)10(12)13/h2-5,11H,1H3.